The van der Waals surface area contributed by atoms with Gasteiger partial charge in [0.25, 0.3) is 5.56 Å². The molecule has 1 aliphatic heterocycles. The van der Waals surface area contributed by atoms with Crippen molar-refractivity contribution in [3.05, 3.63) is 40.4 Å². The second-order valence-corrected chi connectivity index (χ2v) is 6.71. The molecule has 118 valence electrons. The Kier molecular flexibility index (Phi) is 3.11. The first-order valence-electron chi connectivity index (χ1n) is 7.76. The standard InChI is InChI=1S/C17H23N3O2/c1-6-14-18-13-10-8-7-9-12(13)15(22)19(14)20-16(3,4)17(20,5)11(2)21/h7-11,21H,6H2,1-5H3/t11-,17+,20?/m0/s1. The van der Waals surface area contributed by atoms with Gasteiger partial charge in [0.2, 0.25) is 0 Å². The first-order chi connectivity index (χ1) is 10.3. The number of aromatic nitrogens is 2. The molecule has 2 aromatic rings. The molecule has 0 unspecified atom stereocenters. The third-order valence-electron chi connectivity index (χ3n) is 5.31. The van der Waals surface area contributed by atoms with E-state index in [-0.39, 0.29) is 11.1 Å². The Morgan fingerprint density at radius 3 is 2.45 bits per heavy atom. The van der Waals surface area contributed by atoms with Crippen LogP contribution in [0.1, 0.15) is 40.4 Å². The topological polar surface area (TPSA) is 58.1 Å². The minimum Gasteiger partial charge on any atom is -0.391 e. The van der Waals surface area contributed by atoms with Gasteiger partial charge in [-0.3, -0.25) is 9.80 Å². The fourth-order valence-electron chi connectivity index (χ4n) is 3.50. The van der Waals surface area contributed by atoms with Gasteiger partial charge in [-0.1, -0.05) is 19.1 Å². The molecule has 5 nitrogen and oxygen atoms in total. The number of aliphatic hydroxyl groups excluding tert-OH is 1. The number of hydrogen-bond donors (Lipinski definition) is 1. The first kappa shape index (κ1) is 15.0. The molecule has 1 saturated heterocycles. The number of aryl methyl sites for hydroxylation is 1. The highest BCUT2D eigenvalue weighted by Crippen LogP contribution is 2.51. The summed E-state index contributed by atoms with van der Waals surface area (Å²) in [4.78, 5) is 17.6. The van der Waals surface area contributed by atoms with E-state index in [1.807, 2.05) is 50.9 Å². The third kappa shape index (κ3) is 1.69. The van der Waals surface area contributed by atoms with Crippen LogP contribution >= 0.6 is 0 Å². The van der Waals surface area contributed by atoms with Gasteiger partial charge < -0.3 is 5.11 Å². The van der Waals surface area contributed by atoms with Crippen LogP contribution in [-0.2, 0) is 6.42 Å². The van der Waals surface area contributed by atoms with Crippen molar-refractivity contribution in [2.75, 3.05) is 5.01 Å². The van der Waals surface area contributed by atoms with Crippen molar-refractivity contribution in [3.8, 4) is 0 Å². The Morgan fingerprint density at radius 1 is 1.27 bits per heavy atom. The Hall–Kier alpha value is -1.88. The summed E-state index contributed by atoms with van der Waals surface area (Å²) >= 11 is 0. The average molecular weight is 301 g/mol. The Bertz CT molecular complexity index is 794. The maximum atomic E-state index is 13.0. The van der Waals surface area contributed by atoms with Gasteiger partial charge in [-0.2, -0.15) is 0 Å². The van der Waals surface area contributed by atoms with Crippen LogP contribution < -0.4 is 10.6 Å². The number of hydrogen-bond acceptors (Lipinski definition) is 4. The monoisotopic (exact) mass is 301 g/mol. The van der Waals surface area contributed by atoms with Gasteiger partial charge >= 0.3 is 0 Å². The second-order valence-electron chi connectivity index (χ2n) is 6.71. The van der Waals surface area contributed by atoms with E-state index >= 15 is 0 Å². The largest absolute Gasteiger partial charge is 0.391 e. The summed E-state index contributed by atoms with van der Waals surface area (Å²) in [5.74, 6) is 0.723. The molecule has 0 radical (unpaired) electrons. The van der Waals surface area contributed by atoms with Crippen molar-refractivity contribution in [1.29, 1.82) is 0 Å². The molecule has 3 rings (SSSR count). The van der Waals surface area contributed by atoms with Crippen molar-refractivity contribution in [2.45, 2.75) is 58.2 Å². The lowest BCUT2D eigenvalue weighted by molar-refractivity contribution is 0.147. The lowest BCUT2D eigenvalue weighted by Crippen LogP contribution is -2.40. The lowest BCUT2D eigenvalue weighted by atomic mass is 9.93. The van der Waals surface area contributed by atoms with E-state index in [0.29, 0.717) is 11.8 Å². The summed E-state index contributed by atoms with van der Waals surface area (Å²) in [5, 5.41) is 12.8. The second kappa shape index (κ2) is 4.56. The van der Waals surface area contributed by atoms with Gasteiger partial charge in [0.1, 0.15) is 11.4 Å². The molecule has 5 heteroatoms. The van der Waals surface area contributed by atoms with Crippen LogP contribution in [0.5, 0.6) is 0 Å². The van der Waals surface area contributed by atoms with E-state index in [1.54, 1.807) is 17.7 Å². The SMILES string of the molecule is CCc1nc2ccccc2c(=O)n1N1C(C)(C)[C@@]1(C)[C@H](C)O. The Morgan fingerprint density at radius 2 is 1.91 bits per heavy atom. The number of nitrogens with zero attached hydrogens (tertiary/aromatic N) is 3. The zero-order valence-corrected chi connectivity index (χ0v) is 13.8. The number of fused-ring (bicyclic) bond motifs is 1. The quantitative estimate of drug-likeness (QED) is 0.879. The molecular formula is C17H23N3O2. The van der Waals surface area contributed by atoms with Crippen LogP contribution in [0.25, 0.3) is 10.9 Å². The smallest absolute Gasteiger partial charge is 0.280 e. The molecule has 1 aromatic heterocycles. The van der Waals surface area contributed by atoms with Crippen LogP contribution in [0.2, 0.25) is 0 Å². The summed E-state index contributed by atoms with van der Waals surface area (Å²) in [6.45, 7) is 9.83. The molecule has 1 aliphatic rings. The highest BCUT2D eigenvalue weighted by atomic mass is 16.3. The summed E-state index contributed by atoms with van der Waals surface area (Å²) in [6.07, 6.45) is 0.105. The molecular weight excluding hydrogens is 278 g/mol. The van der Waals surface area contributed by atoms with Gasteiger partial charge in [-0.25, -0.2) is 9.66 Å². The van der Waals surface area contributed by atoms with E-state index in [9.17, 15) is 9.90 Å². The van der Waals surface area contributed by atoms with Gasteiger partial charge in [-0.15, -0.1) is 0 Å². The number of benzene rings is 1. The van der Waals surface area contributed by atoms with E-state index in [0.717, 1.165) is 11.3 Å². The maximum absolute atomic E-state index is 13.0. The molecule has 0 aliphatic carbocycles. The van der Waals surface area contributed by atoms with Crippen molar-refractivity contribution < 1.29 is 5.11 Å². The number of aliphatic hydroxyl groups is 1. The van der Waals surface area contributed by atoms with Crippen LogP contribution in [0.15, 0.2) is 29.1 Å². The lowest BCUT2D eigenvalue weighted by Gasteiger charge is -2.20. The van der Waals surface area contributed by atoms with Crippen molar-refractivity contribution >= 4 is 10.9 Å². The highest BCUT2D eigenvalue weighted by molar-refractivity contribution is 5.77. The van der Waals surface area contributed by atoms with Gasteiger partial charge in [0, 0.05) is 6.42 Å². The summed E-state index contributed by atoms with van der Waals surface area (Å²) in [5.41, 5.74) is -0.136. The van der Waals surface area contributed by atoms with Crippen LogP contribution in [-0.4, -0.2) is 31.9 Å². The molecule has 1 fully saturated rings. The predicted molar refractivity (Wildman–Crippen MR) is 87.8 cm³/mol. The number of para-hydroxylation sites is 1. The van der Waals surface area contributed by atoms with Crippen LogP contribution in [0.4, 0.5) is 0 Å². The van der Waals surface area contributed by atoms with E-state index in [1.165, 1.54) is 0 Å². The number of rotatable bonds is 3. The third-order valence-corrected chi connectivity index (χ3v) is 5.31. The first-order valence-corrected chi connectivity index (χ1v) is 7.76. The predicted octanol–water partition coefficient (Wildman–Crippen LogP) is 1.83. The normalized spacial score (nSPS) is 24.5. The summed E-state index contributed by atoms with van der Waals surface area (Å²) in [7, 11) is 0. The molecule has 22 heavy (non-hydrogen) atoms. The van der Waals surface area contributed by atoms with Crippen molar-refractivity contribution in [1.82, 2.24) is 9.66 Å². The van der Waals surface area contributed by atoms with Crippen LogP contribution in [0, 0.1) is 0 Å². The molecule has 1 aromatic carbocycles. The van der Waals surface area contributed by atoms with Crippen LogP contribution in [0.3, 0.4) is 0 Å². The maximum Gasteiger partial charge on any atom is 0.280 e. The van der Waals surface area contributed by atoms with E-state index in [4.69, 9.17) is 0 Å². The zero-order valence-electron chi connectivity index (χ0n) is 13.8. The summed E-state index contributed by atoms with van der Waals surface area (Å²) < 4.78 is 1.66. The Balaban J connectivity index is 2.29. The van der Waals surface area contributed by atoms with Crippen molar-refractivity contribution in [3.63, 3.8) is 0 Å². The molecule has 0 spiro atoms. The fraction of sp³-hybridized carbons (Fsp3) is 0.529. The molecule has 0 amide bonds. The Labute approximate surface area is 130 Å². The zero-order chi connectivity index (χ0) is 16.3. The highest BCUT2D eigenvalue weighted by Gasteiger charge is 2.70. The minimum atomic E-state index is -0.550. The summed E-state index contributed by atoms with van der Waals surface area (Å²) in [6, 6.07) is 7.40. The molecule has 0 saturated carbocycles. The molecule has 0 bridgehead atoms. The molecule has 2 atom stereocenters. The van der Waals surface area contributed by atoms with E-state index < -0.39 is 11.6 Å². The fourth-order valence-corrected chi connectivity index (χ4v) is 3.50. The van der Waals surface area contributed by atoms with Gasteiger partial charge in [-0.05, 0) is 39.8 Å². The van der Waals surface area contributed by atoms with Gasteiger partial charge in [0.05, 0.1) is 22.5 Å². The average Bonchev–Trinajstić information content (AvgIpc) is 2.94. The molecule has 2 heterocycles. The van der Waals surface area contributed by atoms with E-state index in [2.05, 4.69) is 4.98 Å². The minimum absolute atomic E-state index is 0.0695. The van der Waals surface area contributed by atoms with Gasteiger partial charge in [0.15, 0.2) is 0 Å². The molecule has 1 N–H and O–H groups in total. The van der Waals surface area contributed by atoms with Crippen molar-refractivity contribution in [2.24, 2.45) is 0 Å².